The summed E-state index contributed by atoms with van der Waals surface area (Å²) < 4.78 is 41.5. The van der Waals surface area contributed by atoms with E-state index >= 15 is 0 Å². The first-order valence-electron chi connectivity index (χ1n) is 12.7. The summed E-state index contributed by atoms with van der Waals surface area (Å²) in [5.74, 6) is 2.29. The molecule has 36 heavy (non-hydrogen) atoms. The summed E-state index contributed by atoms with van der Waals surface area (Å²) in [6, 6.07) is 5.48. The van der Waals surface area contributed by atoms with E-state index in [1.54, 1.807) is 6.07 Å². The third kappa shape index (κ3) is 4.77. The molecular formula is C28H32F3N5. The number of aromatic nitrogens is 3. The molecule has 1 aliphatic heterocycles. The van der Waals surface area contributed by atoms with Gasteiger partial charge in [0.15, 0.2) is 5.82 Å². The SMILES string of the molecule is CCC1CC(C)=C(Nc2nc(-c3ccccc3C(F)(F)F)nc(N3CCC(C)C3)n2)C2C=CC=CC12. The van der Waals surface area contributed by atoms with Crippen LogP contribution in [-0.2, 0) is 6.18 Å². The molecule has 1 fully saturated rings. The normalized spacial score (nSPS) is 25.9. The highest BCUT2D eigenvalue weighted by Crippen LogP contribution is 2.43. The Morgan fingerprint density at radius 2 is 1.86 bits per heavy atom. The highest BCUT2D eigenvalue weighted by atomic mass is 19.4. The summed E-state index contributed by atoms with van der Waals surface area (Å²) in [7, 11) is 0. The minimum atomic E-state index is -4.51. The first-order valence-corrected chi connectivity index (χ1v) is 12.7. The summed E-state index contributed by atoms with van der Waals surface area (Å²) in [6.45, 7) is 8.03. The third-order valence-corrected chi connectivity index (χ3v) is 7.66. The van der Waals surface area contributed by atoms with Gasteiger partial charge in [0, 0.05) is 30.3 Å². The monoisotopic (exact) mass is 495 g/mol. The molecule has 4 atom stereocenters. The molecule has 0 amide bonds. The van der Waals surface area contributed by atoms with Crippen molar-refractivity contribution < 1.29 is 13.2 Å². The molecule has 1 saturated heterocycles. The maximum absolute atomic E-state index is 13.8. The number of nitrogens with zero attached hydrogens (tertiary/aromatic N) is 4. The number of rotatable bonds is 5. The van der Waals surface area contributed by atoms with Crippen molar-refractivity contribution in [2.45, 2.75) is 46.2 Å². The van der Waals surface area contributed by atoms with Crippen molar-refractivity contribution in [1.29, 1.82) is 0 Å². The van der Waals surface area contributed by atoms with Crippen LogP contribution in [0.5, 0.6) is 0 Å². The van der Waals surface area contributed by atoms with E-state index in [2.05, 4.69) is 60.4 Å². The van der Waals surface area contributed by atoms with Crippen molar-refractivity contribution in [3.8, 4) is 11.4 Å². The first-order chi connectivity index (χ1) is 17.2. The van der Waals surface area contributed by atoms with Gasteiger partial charge in [-0.25, -0.2) is 0 Å². The molecule has 1 aromatic heterocycles. The molecular weight excluding hydrogens is 463 g/mol. The molecule has 1 aromatic carbocycles. The molecule has 2 heterocycles. The van der Waals surface area contributed by atoms with Crippen LogP contribution >= 0.6 is 0 Å². The molecule has 5 rings (SSSR count). The number of hydrogen-bond donors (Lipinski definition) is 1. The molecule has 3 aliphatic rings. The standard InChI is InChI=1S/C28H32F3N5/c1-4-19-15-18(3)24(21-10-6-5-9-20(19)21)32-26-33-25(22-11-7-8-12-23(22)28(29,30)31)34-27(35-26)36-14-13-17(2)16-36/h5-12,17,19-21H,4,13-16H2,1-3H3,(H,32,33,34,35). The van der Waals surface area contributed by atoms with Gasteiger partial charge in [-0.3, -0.25) is 0 Å². The fourth-order valence-corrected chi connectivity index (χ4v) is 5.74. The number of hydrogen-bond acceptors (Lipinski definition) is 5. The molecule has 0 radical (unpaired) electrons. The molecule has 0 saturated carbocycles. The van der Waals surface area contributed by atoms with Gasteiger partial charge in [-0.05, 0) is 43.6 Å². The van der Waals surface area contributed by atoms with Crippen LogP contribution in [-0.4, -0.2) is 28.0 Å². The number of halogens is 3. The van der Waals surface area contributed by atoms with E-state index in [1.165, 1.54) is 17.7 Å². The van der Waals surface area contributed by atoms with Gasteiger partial charge in [0.2, 0.25) is 11.9 Å². The Balaban J connectivity index is 1.58. The van der Waals surface area contributed by atoms with Crippen LogP contribution < -0.4 is 10.2 Å². The second kappa shape index (κ2) is 9.71. The average molecular weight is 496 g/mol. The number of alkyl halides is 3. The van der Waals surface area contributed by atoms with E-state index in [0.717, 1.165) is 44.1 Å². The highest BCUT2D eigenvalue weighted by Gasteiger charge is 2.36. The number of allylic oxidation sites excluding steroid dienone is 5. The Hall–Kier alpha value is -3.16. The van der Waals surface area contributed by atoms with Crippen LogP contribution in [0, 0.1) is 23.7 Å². The fourth-order valence-electron chi connectivity index (χ4n) is 5.74. The maximum atomic E-state index is 13.8. The molecule has 2 aromatic rings. The minimum Gasteiger partial charge on any atom is -0.340 e. The van der Waals surface area contributed by atoms with E-state index in [0.29, 0.717) is 23.7 Å². The van der Waals surface area contributed by atoms with Gasteiger partial charge in [-0.15, -0.1) is 0 Å². The maximum Gasteiger partial charge on any atom is 0.417 e. The second-order valence-electron chi connectivity index (χ2n) is 10.2. The van der Waals surface area contributed by atoms with Crippen molar-refractivity contribution in [3.63, 3.8) is 0 Å². The fraction of sp³-hybridized carbons (Fsp3) is 0.464. The van der Waals surface area contributed by atoms with Crippen LogP contribution in [0.4, 0.5) is 25.1 Å². The molecule has 2 aliphatic carbocycles. The lowest BCUT2D eigenvalue weighted by Gasteiger charge is -2.38. The predicted octanol–water partition coefficient (Wildman–Crippen LogP) is 6.88. The van der Waals surface area contributed by atoms with E-state index < -0.39 is 11.7 Å². The average Bonchev–Trinajstić information content (AvgIpc) is 3.31. The molecule has 8 heteroatoms. The summed E-state index contributed by atoms with van der Waals surface area (Å²) in [6.07, 6.45) is 7.16. The summed E-state index contributed by atoms with van der Waals surface area (Å²) in [4.78, 5) is 15.8. The molecule has 0 bridgehead atoms. The summed E-state index contributed by atoms with van der Waals surface area (Å²) >= 11 is 0. The van der Waals surface area contributed by atoms with Gasteiger partial charge >= 0.3 is 6.18 Å². The van der Waals surface area contributed by atoms with Gasteiger partial charge in [0.1, 0.15) is 0 Å². The Kier molecular flexibility index (Phi) is 6.62. The lowest BCUT2D eigenvalue weighted by Crippen LogP contribution is -2.32. The topological polar surface area (TPSA) is 53.9 Å². The largest absolute Gasteiger partial charge is 0.417 e. The summed E-state index contributed by atoms with van der Waals surface area (Å²) in [5.41, 5.74) is 1.48. The number of anilines is 2. The van der Waals surface area contributed by atoms with Gasteiger partial charge < -0.3 is 10.2 Å². The van der Waals surface area contributed by atoms with Gasteiger partial charge in [0.25, 0.3) is 0 Å². The van der Waals surface area contributed by atoms with E-state index in [-0.39, 0.29) is 23.3 Å². The Bertz CT molecular complexity index is 1220. The minimum absolute atomic E-state index is 0.0334. The highest BCUT2D eigenvalue weighted by molar-refractivity contribution is 5.64. The van der Waals surface area contributed by atoms with Gasteiger partial charge in [-0.2, -0.15) is 28.1 Å². The molecule has 1 N–H and O–H groups in total. The van der Waals surface area contributed by atoms with E-state index in [4.69, 9.17) is 4.98 Å². The number of fused-ring (bicyclic) bond motifs is 1. The molecule has 5 nitrogen and oxygen atoms in total. The zero-order valence-corrected chi connectivity index (χ0v) is 20.9. The van der Waals surface area contributed by atoms with Crippen molar-refractivity contribution >= 4 is 11.9 Å². The Morgan fingerprint density at radius 1 is 1.08 bits per heavy atom. The number of benzene rings is 1. The lowest BCUT2D eigenvalue weighted by atomic mass is 9.69. The van der Waals surface area contributed by atoms with Crippen molar-refractivity contribution in [3.05, 3.63) is 65.4 Å². The van der Waals surface area contributed by atoms with Crippen LogP contribution in [0.25, 0.3) is 11.4 Å². The van der Waals surface area contributed by atoms with Crippen molar-refractivity contribution in [2.75, 3.05) is 23.3 Å². The zero-order valence-electron chi connectivity index (χ0n) is 20.9. The van der Waals surface area contributed by atoms with Crippen LogP contribution in [0.2, 0.25) is 0 Å². The van der Waals surface area contributed by atoms with Crippen LogP contribution in [0.15, 0.2) is 59.8 Å². The van der Waals surface area contributed by atoms with Crippen molar-refractivity contribution in [2.24, 2.45) is 23.7 Å². The molecule has 0 spiro atoms. The second-order valence-corrected chi connectivity index (χ2v) is 10.2. The van der Waals surface area contributed by atoms with Crippen molar-refractivity contribution in [1.82, 2.24) is 15.0 Å². The van der Waals surface area contributed by atoms with E-state index in [1.807, 2.05) is 4.90 Å². The van der Waals surface area contributed by atoms with Gasteiger partial charge in [0.05, 0.1) is 5.56 Å². The van der Waals surface area contributed by atoms with E-state index in [9.17, 15) is 13.2 Å². The first kappa shape index (κ1) is 24.5. The third-order valence-electron chi connectivity index (χ3n) is 7.66. The molecule has 4 unspecified atom stereocenters. The smallest absolute Gasteiger partial charge is 0.340 e. The quantitative estimate of drug-likeness (QED) is 0.490. The lowest BCUT2D eigenvalue weighted by molar-refractivity contribution is -0.137. The Morgan fingerprint density at radius 3 is 2.58 bits per heavy atom. The molecule has 190 valence electrons. The van der Waals surface area contributed by atoms with Gasteiger partial charge in [-0.1, -0.05) is 68.3 Å². The van der Waals surface area contributed by atoms with Crippen LogP contribution in [0.3, 0.4) is 0 Å². The zero-order chi connectivity index (χ0) is 25.4. The number of nitrogens with one attached hydrogen (secondary N) is 1. The summed E-state index contributed by atoms with van der Waals surface area (Å²) in [5, 5.41) is 3.44. The Labute approximate surface area is 210 Å². The predicted molar refractivity (Wildman–Crippen MR) is 136 cm³/mol. The van der Waals surface area contributed by atoms with Crippen LogP contribution in [0.1, 0.15) is 45.6 Å².